The molecule has 0 saturated heterocycles. The van der Waals surface area contributed by atoms with E-state index >= 15 is 0 Å². The Morgan fingerprint density at radius 1 is 1.35 bits per heavy atom. The van der Waals surface area contributed by atoms with Crippen LogP contribution in [0.3, 0.4) is 0 Å². The molecule has 1 unspecified atom stereocenters. The maximum Gasteiger partial charge on any atom is 0.226 e. The van der Waals surface area contributed by atoms with Crippen LogP contribution in [0.4, 0.5) is 5.69 Å². The van der Waals surface area contributed by atoms with E-state index in [1.54, 1.807) is 12.1 Å². The van der Waals surface area contributed by atoms with Crippen molar-refractivity contribution in [2.24, 2.45) is 0 Å². The summed E-state index contributed by atoms with van der Waals surface area (Å²) in [4.78, 5) is 11.4. The molecule has 1 amide bonds. The Hall–Kier alpha value is -2.22. The number of amides is 1. The third-order valence-corrected chi connectivity index (χ3v) is 2.75. The molecule has 0 fully saturated rings. The molecule has 0 aromatic heterocycles. The van der Waals surface area contributed by atoms with Gasteiger partial charge in [0.2, 0.25) is 5.91 Å². The Kier molecular flexibility index (Phi) is 2.88. The van der Waals surface area contributed by atoms with Crippen molar-refractivity contribution >= 4 is 11.6 Å². The first-order valence-corrected chi connectivity index (χ1v) is 5.15. The summed E-state index contributed by atoms with van der Waals surface area (Å²) in [5.74, 6) is 0.502. The van der Waals surface area contributed by atoms with Gasteiger partial charge in [-0.15, -0.1) is 0 Å². The van der Waals surface area contributed by atoms with Crippen molar-refractivity contribution < 1.29 is 14.3 Å². The summed E-state index contributed by atoms with van der Waals surface area (Å²) >= 11 is 0. The maximum atomic E-state index is 11.4. The van der Waals surface area contributed by atoms with E-state index in [4.69, 9.17) is 14.7 Å². The molecular weight excluding hydrogens is 220 g/mol. The molecule has 0 bridgehead atoms. The zero-order valence-corrected chi connectivity index (χ0v) is 9.61. The highest BCUT2D eigenvalue weighted by Crippen LogP contribution is 2.39. The van der Waals surface area contributed by atoms with Crippen molar-refractivity contribution in [3.63, 3.8) is 0 Å². The molecule has 5 heteroatoms. The predicted molar refractivity (Wildman–Crippen MR) is 61.1 cm³/mol. The molecule has 1 aliphatic heterocycles. The summed E-state index contributed by atoms with van der Waals surface area (Å²) in [7, 11) is 3.06. The molecule has 1 aliphatic rings. The number of rotatable bonds is 2. The summed E-state index contributed by atoms with van der Waals surface area (Å²) in [6, 6.07) is 5.54. The molecule has 0 saturated carbocycles. The van der Waals surface area contributed by atoms with E-state index in [2.05, 4.69) is 11.4 Å². The smallest absolute Gasteiger partial charge is 0.226 e. The minimum atomic E-state index is -0.432. The molecule has 0 radical (unpaired) electrons. The lowest BCUT2D eigenvalue weighted by molar-refractivity contribution is -0.116. The highest BCUT2D eigenvalue weighted by molar-refractivity contribution is 5.95. The van der Waals surface area contributed by atoms with E-state index < -0.39 is 5.92 Å². The Morgan fingerprint density at radius 3 is 2.59 bits per heavy atom. The molecule has 88 valence electrons. The molecule has 0 spiro atoms. The number of hydrogen-bond acceptors (Lipinski definition) is 4. The lowest BCUT2D eigenvalue weighted by Gasteiger charge is -2.22. The quantitative estimate of drug-likeness (QED) is 0.841. The fourth-order valence-corrected chi connectivity index (χ4v) is 1.90. The summed E-state index contributed by atoms with van der Waals surface area (Å²) < 4.78 is 10.3. The van der Waals surface area contributed by atoms with Crippen LogP contribution in [0.15, 0.2) is 12.1 Å². The number of fused-ring (bicyclic) bond motifs is 1. The van der Waals surface area contributed by atoms with Crippen molar-refractivity contribution in [3.8, 4) is 17.6 Å². The van der Waals surface area contributed by atoms with Crippen LogP contribution in [-0.4, -0.2) is 20.1 Å². The van der Waals surface area contributed by atoms with Crippen LogP contribution < -0.4 is 14.8 Å². The molecule has 5 nitrogen and oxygen atoms in total. The summed E-state index contributed by atoms with van der Waals surface area (Å²) in [6.45, 7) is 0. The number of hydrogen-bond donors (Lipinski definition) is 1. The average Bonchev–Trinajstić information content (AvgIpc) is 2.35. The second-order valence-corrected chi connectivity index (χ2v) is 3.73. The van der Waals surface area contributed by atoms with Crippen molar-refractivity contribution in [1.29, 1.82) is 5.26 Å². The second kappa shape index (κ2) is 4.34. The second-order valence-electron chi connectivity index (χ2n) is 3.73. The number of benzene rings is 1. The lowest BCUT2D eigenvalue weighted by atomic mass is 9.91. The molecule has 2 rings (SSSR count). The first-order valence-electron chi connectivity index (χ1n) is 5.15. The van der Waals surface area contributed by atoms with Gasteiger partial charge in [0.05, 0.1) is 26.2 Å². The Morgan fingerprint density at radius 2 is 2.00 bits per heavy atom. The average molecular weight is 232 g/mol. The van der Waals surface area contributed by atoms with Gasteiger partial charge in [-0.2, -0.15) is 5.26 Å². The summed E-state index contributed by atoms with van der Waals surface area (Å²) in [6.07, 6.45) is 0.180. The van der Waals surface area contributed by atoms with E-state index in [0.29, 0.717) is 17.2 Å². The van der Waals surface area contributed by atoms with Gasteiger partial charge in [0, 0.05) is 18.2 Å². The number of nitrogens with one attached hydrogen (secondary N) is 1. The van der Waals surface area contributed by atoms with Crippen LogP contribution in [-0.2, 0) is 4.79 Å². The fourth-order valence-electron chi connectivity index (χ4n) is 1.90. The monoisotopic (exact) mass is 232 g/mol. The van der Waals surface area contributed by atoms with Gasteiger partial charge < -0.3 is 14.8 Å². The molecule has 0 aliphatic carbocycles. The number of carbonyl (C=O) groups is 1. The number of ether oxygens (including phenoxy) is 2. The topological polar surface area (TPSA) is 71.3 Å². The molecule has 1 N–H and O–H groups in total. The van der Waals surface area contributed by atoms with Crippen molar-refractivity contribution in [2.45, 2.75) is 12.3 Å². The van der Waals surface area contributed by atoms with Gasteiger partial charge in [-0.1, -0.05) is 0 Å². The van der Waals surface area contributed by atoms with Gasteiger partial charge in [-0.25, -0.2) is 0 Å². The minimum absolute atomic E-state index is 0.156. The Labute approximate surface area is 98.9 Å². The molecular formula is C12H12N2O3. The van der Waals surface area contributed by atoms with E-state index in [9.17, 15) is 4.79 Å². The molecule has 1 heterocycles. The summed E-state index contributed by atoms with van der Waals surface area (Å²) in [5.41, 5.74) is 1.38. The van der Waals surface area contributed by atoms with Crippen molar-refractivity contribution in [1.82, 2.24) is 0 Å². The molecule has 1 atom stereocenters. The zero-order chi connectivity index (χ0) is 12.4. The number of anilines is 1. The Bertz CT molecular complexity index is 505. The van der Waals surface area contributed by atoms with Gasteiger partial charge in [0.15, 0.2) is 11.5 Å². The van der Waals surface area contributed by atoms with Crippen LogP contribution in [0.25, 0.3) is 0 Å². The fraction of sp³-hybridized carbons (Fsp3) is 0.333. The van der Waals surface area contributed by atoms with Crippen LogP contribution >= 0.6 is 0 Å². The first-order chi connectivity index (χ1) is 8.19. The van der Waals surface area contributed by atoms with Crippen LogP contribution in [0.1, 0.15) is 17.9 Å². The van der Waals surface area contributed by atoms with E-state index in [0.717, 1.165) is 5.56 Å². The zero-order valence-electron chi connectivity index (χ0n) is 9.61. The number of nitriles is 1. The van der Waals surface area contributed by atoms with E-state index in [1.807, 2.05) is 0 Å². The van der Waals surface area contributed by atoms with E-state index in [-0.39, 0.29) is 12.3 Å². The van der Waals surface area contributed by atoms with Gasteiger partial charge >= 0.3 is 0 Å². The number of nitrogens with zero attached hydrogens (tertiary/aromatic N) is 1. The lowest BCUT2D eigenvalue weighted by Crippen LogP contribution is -2.22. The molecule has 1 aromatic rings. The van der Waals surface area contributed by atoms with Crippen molar-refractivity contribution in [2.75, 3.05) is 19.5 Å². The molecule has 17 heavy (non-hydrogen) atoms. The van der Waals surface area contributed by atoms with Crippen LogP contribution in [0.5, 0.6) is 11.5 Å². The SMILES string of the molecule is COc1cc2c(cc1OC)C(C#N)CC(=O)N2. The van der Waals surface area contributed by atoms with Gasteiger partial charge in [0.1, 0.15) is 0 Å². The van der Waals surface area contributed by atoms with E-state index in [1.165, 1.54) is 14.2 Å². The highest BCUT2D eigenvalue weighted by atomic mass is 16.5. The van der Waals surface area contributed by atoms with Crippen LogP contribution in [0.2, 0.25) is 0 Å². The van der Waals surface area contributed by atoms with Gasteiger partial charge in [0.25, 0.3) is 0 Å². The predicted octanol–water partition coefficient (Wildman–Crippen LogP) is 1.65. The van der Waals surface area contributed by atoms with Gasteiger partial charge in [-0.05, 0) is 11.6 Å². The Balaban J connectivity index is 2.55. The first kappa shape index (κ1) is 11.3. The van der Waals surface area contributed by atoms with Crippen molar-refractivity contribution in [3.05, 3.63) is 17.7 Å². The van der Waals surface area contributed by atoms with Crippen LogP contribution in [0, 0.1) is 11.3 Å². The normalized spacial score (nSPS) is 17.7. The van der Waals surface area contributed by atoms with Gasteiger partial charge in [-0.3, -0.25) is 4.79 Å². The summed E-state index contributed by atoms with van der Waals surface area (Å²) in [5, 5.41) is 11.8. The molecule has 1 aromatic carbocycles. The third kappa shape index (κ3) is 1.89. The standard InChI is InChI=1S/C12H12N2O3/c1-16-10-4-8-7(6-13)3-12(15)14-9(8)5-11(10)17-2/h4-5,7H,3H2,1-2H3,(H,14,15). The third-order valence-electron chi connectivity index (χ3n) is 2.75. The minimum Gasteiger partial charge on any atom is -0.493 e. The highest BCUT2D eigenvalue weighted by Gasteiger charge is 2.26. The largest absolute Gasteiger partial charge is 0.493 e. The number of methoxy groups -OCH3 is 2. The number of carbonyl (C=O) groups excluding carboxylic acids is 1. The maximum absolute atomic E-state index is 11.4.